The minimum absolute atomic E-state index is 0.0336. The summed E-state index contributed by atoms with van der Waals surface area (Å²) in [4.78, 5) is 35.8. The number of hydrazine groups is 1. The lowest BCUT2D eigenvalue weighted by Gasteiger charge is -2.35. The molecule has 2 aromatic heterocycles. The molecule has 1 saturated heterocycles. The van der Waals surface area contributed by atoms with E-state index in [2.05, 4.69) is 30.7 Å². The van der Waals surface area contributed by atoms with Gasteiger partial charge in [-0.15, -0.1) is 10.2 Å². The lowest BCUT2D eigenvalue weighted by atomic mass is 9.93. The summed E-state index contributed by atoms with van der Waals surface area (Å²) >= 11 is 0. The van der Waals surface area contributed by atoms with E-state index in [1.165, 1.54) is 0 Å². The Morgan fingerprint density at radius 3 is 2.60 bits per heavy atom. The second-order valence-corrected chi connectivity index (χ2v) is 11.9. The first-order valence-corrected chi connectivity index (χ1v) is 15.8. The molecule has 14 heteroatoms. The highest BCUT2D eigenvalue weighted by Gasteiger charge is 2.29. The number of hydrogen-bond donors (Lipinski definition) is 2. The molecule has 3 aliphatic heterocycles. The van der Waals surface area contributed by atoms with Gasteiger partial charge in [-0.1, -0.05) is 29.5 Å². The van der Waals surface area contributed by atoms with Crippen LogP contribution in [-0.2, 0) is 11.3 Å². The molecule has 0 spiro atoms. The summed E-state index contributed by atoms with van der Waals surface area (Å²) in [6.07, 6.45) is 6.16. The van der Waals surface area contributed by atoms with Gasteiger partial charge in [-0.25, -0.2) is 14.9 Å². The molecular weight excluding hydrogens is 603 g/mol. The highest BCUT2D eigenvalue weighted by atomic mass is 19.1. The predicted octanol–water partition coefficient (Wildman–Crippen LogP) is 2.80. The SMILES string of the molecule is COc1ccccc1-c1cc(C2=CCCN(C(=O)CCn3ccnn3)C2)c(F)c2[nH]c(C(=O)N3CCN(C4=NN(C)NC4)CC3)cc12. The monoisotopic (exact) mass is 640 g/mol. The van der Waals surface area contributed by atoms with Crippen LogP contribution in [0.25, 0.3) is 27.6 Å². The van der Waals surface area contributed by atoms with Crippen molar-refractivity contribution >= 4 is 34.1 Å². The van der Waals surface area contributed by atoms with Crippen LogP contribution in [-0.4, -0.2) is 117 Å². The van der Waals surface area contributed by atoms with Gasteiger partial charge in [-0.2, -0.15) is 0 Å². The molecule has 2 N–H and O–H groups in total. The number of nitrogens with one attached hydrogen (secondary N) is 2. The van der Waals surface area contributed by atoms with Crippen molar-refractivity contribution in [2.75, 3.05) is 60.0 Å². The first kappa shape index (κ1) is 30.4. The number of aryl methyl sites for hydroxylation is 1. The molecule has 0 aliphatic carbocycles. The molecule has 0 atom stereocenters. The third kappa shape index (κ3) is 6.03. The van der Waals surface area contributed by atoms with Gasteiger partial charge in [-0.05, 0) is 35.8 Å². The molecule has 13 nitrogen and oxygen atoms in total. The van der Waals surface area contributed by atoms with Gasteiger partial charge in [-0.3, -0.25) is 14.3 Å². The lowest BCUT2D eigenvalue weighted by molar-refractivity contribution is -0.131. The molecule has 7 rings (SSSR count). The number of amides is 2. The van der Waals surface area contributed by atoms with Crippen molar-refractivity contribution in [2.45, 2.75) is 19.4 Å². The summed E-state index contributed by atoms with van der Waals surface area (Å²) in [5.74, 6) is 0.912. The topological polar surface area (TPSA) is 127 Å². The normalized spacial score (nSPS) is 16.9. The van der Waals surface area contributed by atoms with Crippen molar-refractivity contribution < 1.29 is 18.7 Å². The number of carbonyl (C=O) groups excluding carboxylic acids is 2. The van der Waals surface area contributed by atoms with Crippen LogP contribution in [0.2, 0.25) is 0 Å². The standard InChI is InChI=1S/C33H37FN10O3/c1-40-36-20-29(38-40)41-14-16-42(17-15-41)33(46)27-19-26-25(23-7-3-4-8-28(23)47-2)18-24(31(34)32(26)37-27)22-6-5-11-43(21-22)30(45)9-12-44-13-10-35-39-44/h3-4,6-8,10,13,18-19,36-37H,5,9,11-12,14-17,20-21H2,1-2H3. The number of piperazine rings is 1. The van der Waals surface area contributed by atoms with Crippen molar-refractivity contribution in [2.24, 2.45) is 5.10 Å². The molecular formula is C33H37FN10O3. The van der Waals surface area contributed by atoms with E-state index in [1.807, 2.05) is 43.5 Å². The number of para-hydroxylation sites is 1. The molecule has 244 valence electrons. The predicted molar refractivity (Wildman–Crippen MR) is 175 cm³/mol. The Hall–Kier alpha value is -5.24. The molecule has 0 unspecified atom stereocenters. The molecule has 3 aliphatic rings. The van der Waals surface area contributed by atoms with E-state index in [-0.39, 0.29) is 30.3 Å². The number of nitrogens with zero attached hydrogens (tertiary/aromatic N) is 8. The maximum absolute atomic E-state index is 16.6. The molecule has 0 saturated carbocycles. The number of rotatable bonds is 7. The largest absolute Gasteiger partial charge is 0.496 e. The van der Waals surface area contributed by atoms with Gasteiger partial charge in [0.2, 0.25) is 5.91 Å². The Kier molecular flexibility index (Phi) is 8.33. The lowest BCUT2D eigenvalue weighted by Crippen LogP contribution is -2.51. The fourth-order valence-corrected chi connectivity index (χ4v) is 6.51. The number of amidine groups is 1. The second-order valence-electron chi connectivity index (χ2n) is 11.9. The highest BCUT2D eigenvalue weighted by molar-refractivity contribution is 6.05. The number of aromatic nitrogens is 4. The van der Waals surface area contributed by atoms with Gasteiger partial charge in [0.05, 0.1) is 31.9 Å². The first-order valence-electron chi connectivity index (χ1n) is 15.8. The Morgan fingerprint density at radius 2 is 1.85 bits per heavy atom. The van der Waals surface area contributed by atoms with E-state index in [4.69, 9.17) is 4.74 Å². The average Bonchev–Trinajstić information content (AvgIpc) is 3.89. The third-order valence-corrected chi connectivity index (χ3v) is 9.02. The van der Waals surface area contributed by atoms with Gasteiger partial charge in [0.1, 0.15) is 17.3 Å². The molecule has 2 aromatic carbocycles. The molecule has 2 amide bonds. The summed E-state index contributed by atoms with van der Waals surface area (Å²) < 4.78 is 23.9. The van der Waals surface area contributed by atoms with Crippen LogP contribution in [0.5, 0.6) is 5.75 Å². The van der Waals surface area contributed by atoms with Crippen LogP contribution in [0, 0.1) is 5.82 Å². The number of hydrazone groups is 1. The van der Waals surface area contributed by atoms with Crippen LogP contribution in [0.4, 0.5) is 4.39 Å². The number of H-pyrrole nitrogens is 1. The van der Waals surface area contributed by atoms with Crippen LogP contribution < -0.4 is 10.2 Å². The van der Waals surface area contributed by atoms with Crippen LogP contribution in [0.3, 0.4) is 0 Å². The van der Waals surface area contributed by atoms with Gasteiger partial charge in [0.25, 0.3) is 5.91 Å². The van der Waals surface area contributed by atoms with Gasteiger partial charge >= 0.3 is 0 Å². The smallest absolute Gasteiger partial charge is 0.270 e. The zero-order valence-electron chi connectivity index (χ0n) is 26.4. The van der Waals surface area contributed by atoms with Gasteiger partial charge < -0.3 is 24.4 Å². The van der Waals surface area contributed by atoms with Crippen LogP contribution in [0.1, 0.15) is 28.9 Å². The summed E-state index contributed by atoms with van der Waals surface area (Å²) in [6.45, 7) is 4.28. The van der Waals surface area contributed by atoms with E-state index in [1.54, 1.807) is 45.2 Å². The summed E-state index contributed by atoms with van der Waals surface area (Å²) in [5.41, 5.74) is 6.34. The number of ether oxygens (including phenoxy) is 1. The molecule has 0 radical (unpaired) electrons. The molecule has 47 heavy (non-hydrogen) atoms. The average molecular weight is 641 g/mol. The van der Waals surface area contributed by atoms with Crippen LogP contribution in [0.15, 0.2) is 60.0 Å². The van der Waals surface area contributed by atoms with Gasteiger partial charge in [0.15, 0.2) is 5.82 Å². The minimum Gasteiger partial charge on any atom is -0.496 e. The summed E-state index contributed by atoms with van der Waals surface area (Å²) in [5, 5.41) is 14.5. The Balaban J connectivity index is 1.19. The van der Waals surface area contributed by atoms with Crippen molar-refractivity contribution in [1.29, 1.82) is 0 Å². The Bertz CT molecular complexity index is 1860. The molecule has 4 aromatic rings. The number of methoxy groups -OCH3 is 1. The maximum atomic E-state index is 16.6. The first-order chi connectivity index (χ1) is 22.9. The second kappa shape index (κ2) is 12.9. The van der Waals surface area contributed by atoms with Crippen molar-refractivity contribution in [3.63, 3.8) is 0 Å². The van der Waals surface area contributed by atoms with Crippen molar-refractivity contribution in [1.82, 2.24) is 45.2 Å². The number of fused-ring (bicyclic) bond motifs is 1. The minimum atomic E-state index is -0.457. The maximum Gasteiger partial charge on any atom is 0.270 e. The highest BCUT2D eigenvalue weighted by Crippen LogP contribution is 2.40. The Morgan fingerprint density at radius 1 is 1.02 bits per heavy atom. The number of hydrogen-bond acceptors (Lipinski definition) is 9. The third-order valence-electron chi connectivity index (χ3n) is 9.02. The zero-order valence-corrected chi connectivity index (χ0v) is 26.4. The van der Waals surface area contributed by atoms with E-state index in [0.29, 0.717) is 74.6 Å². The summed E-state index contributed by atoms with van der Waals surface area (Å²) in [7, 11) is 3.46. The van der Waals surface area contributed by atoms with Gasteiger partial charge in [0, 0.05) is 75.4 Å². The fourth-order valence-electron chi connectivity index (χ4n) is 6.51. The number of benzene rings is 2. The fraction of sp³-hybridized carbons (Fsp3) is 0.364. The van der Waals surface area contributed by atoms with Crippen molar-refractivity contribution in [3.8, 4) is 16.9 Å². The van der Waals surface area contributed by atoms with Crippen molar-refractivity contribution in [3.05, 3.63) is 71.9 Å². The van der Waals surface area contributed by atoms with E-state index in [0.717, 1.165) is 22.5 Å². The van der Waals surface area contributed by atoms with E-state index < -0.39 is 5.82 Å². The number of aromatic amines is 1. The number of carbonyl (C=O) groups is 2. The molecule has 1 fully saturated rings. The van der Waals surface area contributed by atoms with E-state index >= 15 is 4.39 Å². The zero-order chi connectivity index (χ0) is 32.5. The van der Waals surface area contributed by atoms with Crippen LogP contribution >= 0.6 is 0 Å². The molecule has 5 heterocycles. The van der Waals surface area contributed by atoms with E-state index in [9.17, 15) is 9.59 Å². The number of halogens is 1. The molecule has 0 bridgehead atoms. The Labute approximate surface area is 271 Å². The quantitative estimate of drug-likeness (QED) is 0.316. The summed E-state index contributed by atoms with van der Waals surface area (Å²) in [6, 6.07) is 11.1.